The number of alkyl halides is 3. The molecule has 0 amide bonds. The van der Waals surface area contributed by atoms with E-state index in [1.165, 1.54) is 17.5 Å². The molecule has 4 rings (SSSR count). The van der Waals surface area contributed by atoms with E-state index in [1.54, 1.807) is 18.4 Å². The molecule has 1 unspecified atom stereocenters. The van der Waals surface area contributed by atoms with Crippen LogP contribution in [0.1, 0.15) is 79.0 Å². The Morgan fingerprint density at radius 1 is 1.07 bits per heavy atom. The number of pyridine rings is 1. The van der Waals surface area contributed by atoms with Gasteiger partial charge in [0.05, 0.1) is 24.2 Å². The van der Waals surface area contributed by atoms with Crippen LogP contribution in [0.4, 0.5) is 19.0 Å². The number of hydrogen-bond donors (Lipinski definition) is 3. The molecule has 3 aromatic rings. The summed E-state index contributed by atoms with van der Waals surface area (Å²) in [5.41, 5.74) is 5.45. The summed E-state index contributed by atoms with van der Waals surface area (Å²) < 4.78 is 37.4. The standard InChI is InChI=1S/C29H37N3O3S.C2HF3O2/c1-29(2,3)21-11-13-25(35-4)24(17-21)20(16-27(33)34)15-23-18-36-26(31-23)9-5-8-22-12-10-19-7-6-14-30-28(19)32-22;3-2(4,5)1(6)7/h10-13,17-18,20H,5-9,14-16H2,1-4H3,(H,30,32)(H,33,34);(H,6,7). The minimum absolute atomic E-state index is 0.0361. The summed E-state index contributed by atoms with van der Waals surface area (Å²) in [6, 6.07) is 10.5. The molecule has 1 aliphatic rings. The number of nitrogens with one attached hydrogen (secondary N) is 1. The molecule has 3 heterocycles. The van der Waals surface area contributed by atoms with Gasteiger partial charge in [0, 0.05) is 23.5 Å². The number of carbonyl (C=O) groups is 2. The summed E-state index contributed by atoms with van der Waals surface area (Å²) in [6.07, 6.45) is 0.597. The Labute approximate surface area is 253 Å². The first-order chi connectivity index (χ1) is 20.2. The fraction of sp³-hybridized carbons (Fsp3) is 0.484. The topological polar surface area (TPSA) is 122 Å². The van der Waals surface area contributed by atoms with Gasteiger partial charge in [0.15, 0.2) is 0 Å². The number of aryl methyl sites for hydroxylation is 3. The highest BCUT2D eigenvalue weighted by atomic mass is 32.1. The quantitative estimate of drug-likeness (QED) is 0.226. The minimum atomic E-state index is -5.08. The second-order valence-electron chi connectivity index (χ2n) is 11.4. The average Bonchev–Trinajstić information content (AvgIpc) is 3.38. The maximum absolute atomic E-state index is 11.8. The highest BCUT2D eigenvalue weighted by molar-refractivity contribution is 7.09. The van der Waals surface area contributed by atoms with Crippen LogP contribution < -0.4 is 10.1 Å². The van der Waals surface area contributed by atoms with Crippen molar-refractivity contribution < 1.29 is 37.7 Å². The lowest BCUT2D eigenvalue weighted by molar-refractivity contribution is -0.192. The number of ether oxygens (including phenoxy) is 1. The lowest BCUT2D eigenvalue weighted by Crippen LogP contribution is -2.21. The zero-order valence-electron chi connectivity index (χ0n) is 24.8. The molecular weight excluding hydrogens is 583 g/mol. The van der Waals surface area contributed by atoms with Crippen molar-refractivity contribution in [3.05, 3.63) is 68.8 Å². The Kier molecular flexibility index (Phi) is 11.5. The van der Waals surface area contributed by atoms with Crippen molar-refractivity contribution in [3.8, 4) is 5.75 Å². The van der Waals surface area contributed by atoms with E-state index in [2.05, 4.69) is 55.7 Å². The Morgan fingerprint density at radius 3 is 2.42 bits per heavy atom. The predicted octanol–water partition coefficient (Wildman–Crippen LogP) is 6.81. The third kappa shape index (κ3) is 10.2. The van der Waals surface area contributed by atoms with Gasteiger partial charge in [-0.3, -0.25) is 4.79 Å². The van der Waals surface area contributed by atoms with Gasteiger partial charge in [-0.05, 0) is 72.8 Å². The molecule has 0 aliphatic carbocycles. The summed E-state index contributed by atoms with van der Waals surface area (Å²) >= 11 is 1.66. The van der Waals surface area contributed by atoms with E-state index >= 15 is 0 Å². The number of benzene rings is 1. The van der Waals surface area contributed by atoms with Crippen LogP contribution in [-0.4, -0.2) is 52.0 Å². The van der Waals surface area contributed by atoms with E-state index < -0.39 is 18.1 Å². The van der Waals surface area contributed by atoms with Gasteiger partial charge in [-0.25, -0.2) is 14.8 Å². The van der Waals surface area contributed by atoms with Crippen molar-refractivity contribution in [1.82, 2.24) is 9.97 Å². The highest BCUT2D eigenvalue weighted by Gasteiger charge is 2.38. The lowest BCUT2D eigenvalue weighted by Gasteiger charge is -2.24. The number of anilines is 1. The van der Waals surface area contributed by atoms with Crippen molar-refractivity contribution >= 4 is 29.1 Å². The van der Waals surface area contributed by atoms with Crippen molar-refractivity contribution in [3.63, 3.8) is 0 Å². The van der Waals surface area contributed by atoms with Gasteiger partial charge < -0.3 is 20.3 Å². The average molecular weight is 622 g/mol. The number of hydrogen-bond acceptors (Lipinski definition) is 7. The number of carboxylic acids is 2. The normalized spacial score (nSPS) is 13.7. The minimum Gasteiger partial charge on any atom is -0.496 e. The molecule has 0 radical (unpaired) electrons. The fourth-order valence-corrected chi connectivity index (χ4v) is 5.61. The highest BCUT2D eigenvalue weighted by Crippen LogP contribution is 2.36. The van der Waals surface area contributed by atoms with Gasteiger partial charge in [0.2, 0.25) is 0 Å². The molecule has 43 heavy (non-hydrogen) atoms. The number of nitrogens with zero attached hydrogens (tertiary/aromatic N) is 2. The van der Waals surface area contributed by atoms with Crippen molar-refractivity contribution in [1.29, 1.82) is 0 Å². The molecule has 1 aliphatic heterocycles. The zero-order chi connectivity index (χ0) is 31.8. The number of carboxylic acid groups (broad SMARTS) is 2. The maximum Gasteiger partial charge on any atom is 0.490 e. The Balaban J connectivity index is 0.000000646. The molecule has 0 fully saturated rings. The monoisotopic (exact) mass is 621 g/mol. The molecule has 0 spiro atoms. The van der Waals surface area contributed by atoms with Crippen LogP contribution >= 0.6 is 11.3 Å². The fourth-order valence-electron chi connectivity index (χ4n) is 4.76. The largest absolute Gasteiger partial charge is 0.496 e. The molecule has 1 atom stereocenters. The van der Waals surface area contributed by atoms with Crippen LogP contribution in [0.15, 0.2) is 35.7 Å². The molecule has 0 saturated heterocycles. The number of fused-ring (bicyclic) bond motifs is 1. The molecule has 0 bridgehead atoms. The first-order valence-electron chi connectivity index (χ1n) is 14.0. The van der Waals surface area contributed by atoms with Gasteiger partial charge in [-0.2, -0.15) is 13.2 Å². The van der Waals surface area contributed by atoms with Crippen LogP contribution in [0.3, 0.4) is 0 Å². The maximum atomic E-state index is 11.8. The van der Waals surface area contributed by atoms with Crippen molar-refractivity contribution in [2.75, 3.05) is 19.0 Å². The van der Waals surface area contributed by atoms with Gasteiger partial charge in [-0.1, -0.05) is 39.0 Å². The second kappa shape index (κ2) is 14.7. The van der Waals surface area contributed by atoms with Crippen LogP contribution in [0.2, 0.25) is 0 Å². The predicted molar refractivity (Wildman–Crippen MR) is 159 cm³/mol. The number of halogens is 3. The third-order valence-corrected chi connectivity index (χ3v) is 7.99. The number of rotatable bonds is 10. The number of aliphatic carboxylic acids is 2. The van der Waals surface area contributed by atoms with Gasteiger partial charge in [-0.15, -0.1) is 11.3 Å². The van der Waals surface area contributed by atoms with Crippen LogP contribution in [0.5, 0.6) is 5.75 Å². The zero-order valence-corrected chi connectivity index (χ0v) is 25.6. The summed E-state index contributed by atoms with van der Waals surface area (Å²) in [7, 11) is 1.64. The van der Waals surface area contributed by atoms with Gasteiger partial charge >= 0.3 is 18.1 Å². The molecule has 0 saturated carbocycles. The van der Waals surface area contributed by atoms with E-state index in [1.807, 2.05) is 6.07 Å². The van der Waals surface area contributed by atoms with Gasteiger partial charge in [0.25, 0.3) is 0 Å². The van der Waals surface area contributed by atoms with Gasteiger partial charge in [0.1, 0.15) is 11.6 Å². The first kappa shape index (κ1) is 33.8. The summed E-state index contributed by atoms with van der Waals surface area (Å²) in [5.74, 6) is -2.00. The van der Waals surface area contributed by atoms with Crippen LogP contribution in [-0.2, 0) is 40.7 Å². The number of methoxy groups -OCH3 is 1. The number of thiazole rings is 1. The molecule has 8 nitrogen and oxygen atoms in total. The van der Waals surface area contributed by atoms with Crippen LogP contribution in [0.25, 0.3) is 0 Å². The van der Waals surface area contributed by atoms with E-state index in [0.717, 1.165) is 65.8 Å². The van der Waals surface area contributed by atoms with E-state index in [0.29, 0.717) is 6.42 Å². The third-order valence-electron chi connectivity index (χ3n) is 7.03. The molecule has 234 valence electrons. The molecule has 12 heteroatoms. The summed E-state index contributed by atoms with van der Waals surface area (Å²) in [6.45, 7) is 7.48. The van der Waals surface area contributed by atoms with Crippen molar-refractivity contribution in [2.45, 2.75) is 83.2 Å². The van der Waals surface area contributed by atoms with E-state index in [-0.39, 0.29) is 17.8 Å². The Hall–Kier alpha value is -3.67. The molecule has 1 aromatic carbocycles. The molecular formula is C31H38F3N3O5S. The first-order valence-corrected chi connectivity index (χ1v) is 14.9. The Bertz CT molecular complexity index is 1400. The molecule has 3 N–H and O–H groups in total. The van der Waals surface area contributed by atoms with Crippen molar-refractivity contribution in [2.24, 2.45) is 0 Å². The Morgan fingerprint density at radius 2 is 1.79 bits per heavy atom. The lowest BCUT2D eigenvalue weighted by atomic mass is 9.82. The van der Waals surface area contributed by atoms with E-state index in [9.17, 15) is 23.1 Å². The SMILES string of the molecule is COc1ccc(C(C)(C)C)cc1C(CC(=O)O)Cc1csc(CCCc2ccc3c(n2)NCCC3)n1.O=C(O)C(F)(F)F. The van der Waals surface area contributed by atoms with E-state index in [4.69, 9.17) is 24.6 Å². The number of aromatic nitrogens is 2. The summed E-state index contributed by atoms with van der Waals surface area (Å²) in [5, 5.41) is 23.3. The smallest absolute Gasteiger partial charge is 0.490 e. The summed E-state index contributed by atoms with van der Waals surface area (Å²) in [4.78, 5) is 30.3. The molecule has 2 aromatic heterocycles. The van der Waals surface area contributed by atoms with Crippen LogP contribution in [0, 0.1) is 0 Å². The second-order valence-corrected chi connectivity index (χ2v) is 12.4.